The molecule has 0 radical (unpaired) electrons. The van der Waals surface area contributed by atoms with Crippen molar-refractivity contribution in [3.05, 3.63) is 41.4 Å². The number of hydrogen-bond donors (Lipinski definition) is 1. The normalized spacial score (nSPS) is 10.1. The van der Waals surface area contributed by atoms with Gasteiger partial charge in [0.1, 0.15) is 10.7 Å². The van der Waals surface area contributed by atoms with Crippen molar-refractivity contribution in [1.82, 2.24) is 10.3 Å². The molecule has 1 heterocycles. The van der Waals surface area contributed by atoms with Crippen molar-refractivity contribution in [2.24, 2.45) is 0 Å². The second-order valence-electron chi connectivity index (χ2n) is 3.26. The van der Waals surface area contributed by atoms with E-state index in [4.69, 9.17) is 0 Å². The summed E-state index contributed by atoms with van der Waals surface area (Å²) < 4.78 is 0. The van der Waals surface area contributed by atoms with E-state index in [1.165, 1.54) is 11.3 Å². The molecule has 2 aromatic rings. The molecular weight excluding hydrogens is 220 g/mol. The number of aromatic nitrogens is 1. The third kappa shape index (κ3) is 2.28. The van der Waals surface area contributed by atoms with Crippen LogP contribution in [0.4, 0.5) is 0 Å². The first-order chi connectivity index (χ1) is 7.81. The van der Waals surface area contributed by atoms with E-state index in [1.807, 2.05) is 37.3 Å². The zero-order valence-electron chi connectivity index (χ0n) is 8.93. The zero-order valence-corrected chi connectivity index (χ0v) is 9.75. The third-order valence-corrected chi connectivity index (χ3v) is 2.99. The molecule has 0 bridgehead atoms. The van der Waals surface area contributed by atoms with Crippen molar-refractivity contribution in [3.63, 3.8) is 0 Å². The minimum absolute atomic E-state index is 0.110. The van der Waals surface area contributed by atoms with Gasteiger partial charge in [-0.2, -0.15) is 0 Å². The van der Waals surface area contributed by atoms with Crippen LogP contribution >= 0.6 is 11.3 Å². The molecule has 1 N–H and O–H groups in total. The fraction of sp³-hybridized carbons (Fsp3) is 0.167. The SMILES string of the molecule is CCNC(=O)c1csc(-c2ccccc2)n1. The van der Waals surface area contributed by atoms with Gasteiger partial charge in [-0.1, -0.05) is 30.3 Å². The van der Waals surface area contributed by atoms with Crippen LogP contribution in [0.5, 0.6) is 0 Å². The van der Waals surface area contributed by atoms with Gasteiger partial charge in [-0.05, 0) is 6.92 Å². The molecular formula is C12H12N2OS. The van der Waals surface area contributed by atoms with Crippen LogP contribution in [0.25, 0.3) is 10.6 Å². The molecule has 0 saturated carbocycles. The highest BCUT2D eigenvalue weighted by Crippen LogP contribution is 2.22. The number of amides is 1. The van der Waals surface area contributed by atoms with Crippen LogP contribution in [-0.2, 0) is 0 Å². The first kappa shape index (κ1) is 10.8. The average Bonchev–Trinajstić information content (AvgIpc) is 2.80. The highest BCUT2D eigenvalue weighted by Gasteiger charge is 2.10. The lowest BCUT2D eigenvalue weighted by molar-refractivity contribution is 0.0951. The highest BCUT2D eigenvalue weighted by atomic mass is 32.1. The molecule has 0 aliphatic rings. The van der Waals surface area contributed by atoms with Crippen LogP contribution in [0.15, 0.2) is 35.7 Å². The summed E-state index contributed by atoms with van der Waals surface area (Å²) in [4.78, 5) is 15.8. The second kappa shape index (κ2) is 4.90. The Morgan fingerprint density at radius 3 is 2.81 bits per heavy atom. The molecule has 0 atom stereocenters. The topological polar surface area (TPSA) is 42.0 Å². The Kier molecular flexibility index (Phi) is 3.31. The zero-order chi connectivity index (χ0) is 11.4. The Balaban J connectivity index is 2.23. The van der Waals surface area contributed by atoms with E-state index >= 15 is 0 Å². The van der Waals surface area contributed by atoms with Crippen LogP contribution in [0.1, 0.15) is 17.4 Å². The minimum Gasteiger partial charge on any atom is -0.351 e. The molecule has 16 heavy (non-hydrogen) atoms. The van der Waals surface area contributed by atoms with Crippen LogP contribution in [-0.4, -0.2) is 17.4 Å². The molecule has 2 rings (SSSR count). The first-order valence-electron chi connectivity index (χ1n) is 5.10. The van der Waals surface area contributed by atoms with E-state index in [1.54, 1.807) is 5.38 Å². The molecule has 0 fully saturated rings. The Bertz CT molecular complexity index is 479. The lowest BCUT2D eigenvalue weighted by Gasteiger charge is -1.96. The predicted octanol–water partition coefficient (Wildman–Crippen LogP) is 2.56. The van der Waals surface area contributed by atoms with E-state index in [2.05, 4.69) is 10.3 Å². The maximum atomic E-state index is 11.5. The monoisotopic (exact) mass is 232 g/mol. The van der Waals surface area contributed by atoms with Gasteiger partial charge in [-0.25, -0.2) is 4.98 Å². The van der Waals surface area contributed by atoms with Crippen LogP contribution in [0.3, 0.4) is 0 Å². The molecule has 1 aromatic heterocycles. The van der Waals surface area contributed by atoms with Gasteiger partial charge < -0.3 is 5.32 Å². The van der Waals surface area contributed by atoms with Gasteiger partial charge in [0.15, 0.2) is 0 Å². The van der Waals surface area contributed by atoms with Gasteiger partial charge in [-0.3, -0.25) is 4.79 Å². The fourth-order valence-electron chi connectivity index (χ4n) is 1.34. The minimum atomic E-state index is -0.110. The number of nitrogens with one attached hydrogen (secondary N) is 1. The molecule has 0 spiro atoms. The molecule has 0 aliphatic heterocycles. The summed E-state index contributed by atoms with van der Waals surface area (Å²) in [6, 6.07) is 9.85. The Hall–Kier alpha value is -1.68. The highest BCUT2D eigenvalue weighted by molar-refractivity contribution is 7.13. The number of hydrogen-bond acceptors (Lipinski definition) is 3. The molecule has 1 amide bonds. The maximum absolute atomic E-state index is 11.5. The smallest absolute Gasteiger partial charge is 0.270 e. The molecule has 0 unspecified atom stereocenters. The molecule has 4 heteroatoms. The number of thiazole rings is 1. The van der Waals surface area contributed by atoms with Gasteiger partial charge in [0.05, 0.1) is 0 Å². The van der Waals surface area contributed by atoms with E-state index in [-0.39, 0.29) is 5.91 Å². The van der Waals surface area contributed by atoms with Gasteiger partial charge in [-0.15, -0.1) is 11.3 Å². The maximum Gasteiger partial charge on any atom is 0.270 e. The van der Waals surface area contributed by atoms with E-state index in [0.29, 0.717) is 12.2 Å². The van der Waals surface area contributed by atoms with E-state index < -0.39 is 0 Å². The Labute approximate surface area is 98.2 Å². The summed E-state index contributed by atoms with van der Waals surface area (Å²) in [5.41, 5.74) is 1.54. The summed E-state index contributed by atoms with van der Waals surface area (Å²) in [5.74, 6) is -0.110. The Morgan fingerprint density at radius 1 is 1.38 bits per heavy atom. The van der Waals surface area contributed by atoms with E-state index in [0.717, 1.165) is 10.6 Å². The molecule has 0 saturated heterocycles. The standard InChI is InChI=1S/C12H12N2OS/c1-2-13-11(15)10-8-16-12(14-10)9-6-4-3-5-7-9/h3-8H,2H2,1H3,(H,13,15). The van der Waals surface area contributed by atoms with Crippen LogP contribution in [0.2, 0.25) is 0 Å². The molecule has 0 aliphatic carbocycles. The van der Waals surface area contributed by atoms with Crippen molar-refractivity contribution in [2.45, 2.75) is 6.92 Å². The number of nitrogens with zero attached hydrogens (tertiary/aromatic N) is 1. The van der Waals surface area contributed by atoms with Gasteiger partial charge in [0.2, 0.25) is 0 Å². The summed E-state index contributed by atoms with van der Waals surface area (Å²) in [6.07, 6.45) is 0. The lowest BCUT2D eigenvalue weighted by Crippen LogP contribution is -2.22. The van der Waals surface area contributed by atoms with Crippen molar-refractivity contribution in [2.75, 3.05) is 6.54 Å². The van der Waals surface area contributed by atoms with Crippen LogP contribution < -0.4 is 5.32 Å². The number of rotatable bonds is 3. The summed E-state index contributed by atoms with van der Waals surface area (Å²) >= 11 is 1.48. The van der Waals surface area contributed by atoms with Gasteiger partial charge in [0.25, 0.3) is 5.91 Å². The van der Waals surface area contributed by atoms with Crippen LogP contribution in [0, 0.1) is 0 Å². The van der Waals surface area contributed by atoms with Crippen molar-refractivity contribution < 1.29 is 4.79 Å². The molecule has 3 nitrogen and oxygen atoms in total. The number of carbonyl (C=O) groups is 1. The van der Waals surface area contributed by atoms with Crippen molar-refractivity contribution in [1.29, 1.82) is 0 Å². The first-order valence-corrected chi connectivity index (χ1v) is 5.98. The average molecular weight is 232 g/mol. The second-order valence-corrected chi connectivity index (χ2v) is 4.12. The molecule has 1 aromatic carbocycles. The quantitative estimate of drug-likeness (QED) is 0.883. The van der Waals surface area contributed by atoms with E-state index in [9.17, 15) is 4.79 Å². The van der Waals surface area contributed by atoms with Crippen molar-refractivity contribution >= 4 is 17.2 Å². The van der Waals surface area contributed by atoms with Gasteiger partial charge >= 0.3 is 0 Å². The fourth-order valence-corrected chi connectivity index (χ4v) is 2.15. The third-order valence-electron chi connectivity index (χ3n) is 2.09. The summed E-state index contributed by atoms with van der Waals surface area (Å²) in [5, 5.41) is 5.39. The van der Waals surface area contributed by atoms with Crippen molar-refractivity contribution in [3.8, 4) is 10.6 Å². The predicted molar refractivity (Wildman–Crippen MR) is 65.6 cm³/mol. The van der Waals surface area contributed by atoms with Gasteiger partial charge in [0, 0.05) is 17.5 Å². The number of benzene rings is 1. The Morgan fingerprint density at radius 2 is 2.12 bits per heavy atom. The largest absolute Gasteiger partial charge is 0.351 e. The number of carbonyl (C=O) groups excluding carboxylic acids is 1. The lowest BCUT2D eigenvalue weighted by atomic mass is 10.2. The summed E-state index contributed by atoms with van der Waals surface area (Å²) in [7, 11) is 0. The molecule has 82 valence electrons. The summed E-state index contributed by atoms with van der Waals surface area (Å²) in [6.45, 7) is 2.51.